The van der Waals surface area contributed by atoms with Gasteiger partial charge in [0.1, 0.15) is 6.20 Å². The maximum atomic E-state index is 11.0. The number of hydrogen-bond donors (Lipinski definition) is 1. The summed E-state index contributed by atoms with van der Waals surface area (Å²) in [6.07, 6.45) is 2.12. The van der Waals surface area contributed by atoms with Gasteiger partial charge in [-0.15, -0.1) is 4.74 Å². The normalized spacial score (nSPS) is 31.3. The molecule has 0 saturated carbocycles. The van der Waals surface area contributed by atoms with Gasteiger partial charge in [-0.05, 0) is 0 Å². The molecule has 0 fully saturated rings. The smallest absolute Gasteiger partial charge is 0.518 e. The first-order valence-corrected chi connectivity index (χ1v) is 2.86. The van der Waals surface area contributed by atoms with Gasteiger partial charge in [0, 0.05) is 0 Å². The van der Waals surface area contributed by atoms with E-state index in [2.05, 4.69) is 0 Å². The number of quaternary nitrogens is 1. The lowest BCUT2D eigenvalue weighted by Gasteiger charge is -2.31. The number of carbonyl (C=O) groups excluding carboxylic acids is 1. The molecular weight excluding hydrogens is 150 g/mol. The van der Waals surface area contributed by atoms with Crippen LogP contribution in [0.25, 0.3) is 0 Å². The van der Waals surface area contributed by atoms with Crippen molar-refractivity contribution < 1.29 is 14.2 Å². The largest absolute Gasteiger partial charge is 0.704 e. The van der Waals surface area contributed by atoms with Gasteiger partial charge < -0.3 is 10.4 Å². The Morgan fingerprint density at radius 1 is 1.73 bits per heavy atom. The van der Waals surface area contributed by atoms with Crippen molar-refractivity contribution in [1.29, 1.82) is 0 Å². The van der Waals surface area contributed by atoms with Crippen molar-refractivity contribution in [2.24, 2.45) is 5.73 Å². The molecule has 6 nitrogen and oxygen atoms in total. The highest BCUT2D eigenvalue weighted by Crippen LogP contribution is 2.07. The van der Waals surface area contributed by atoms with Crippen molar-refractivity contribution >= 4 is 11.9 Å². The van der Waals surface area contributed by atoms with E-state index in [-0.39, 0.29) is 10.6 Å². The van der Waals surface area contributed by atoms with E-state index in [0.717, 1.165) is 19.3 Å². The monoisotopic (exact) mass is 157 g/mol. The molecule has 0 saturated heterocycles. The highest BCUT2D eigenvalue weighted by molar-refractivity contribution is 5.91. The van der Waals surface area contributed by atoms with E-state index in [1.54, 1.807) is 0 Å². The highest BCUT2D eigenvalue weighted by atomic mass is 16.6. The number of hydrogen-bond acceptors (Lipinski definition) is 4. The minimum Gasteiger partial charge on any atom is -0.704 e. The van der Waals surface area contributed by atoms with Gasteiger partial charge in [-0.2, -0.15) is 4.79 Å². The molecule has 0 radical (unpaired) electrons. The molecule has 1 aliphatic heterocycles. The van der Waals surface area contributed by atoms with Crippen molar-refractivity contribution in [2.45, 2.75) is 0 Å². The molecule has 0 aromatic rings. The summed E-state index contributed by atoms with van der Waals surface area (Å²) < 4.78 is -1.46. The Bertz CT molecular complexity index is 266. The predicted octanol–water partition coefficient (Wildman–Crippen LogP) is -0.554. The van der Waals surface area contributed by atoms with E-state index in [9.17, 15) is 15.2 Å². The fourth-order valence-electron chi connectivity index (χ4n) is 0.641. The molecule has 6 heteroatoms. The van der Waals surface area contributed by atoms with Crippen LogP contribution in [0.2, 0.25) is 0 Å². The third-order valence-corrected chi connectivity index (χ3v) is 1.32. The van der Waals surface area contributed by atoms with Crippen LogP contribution in [-0.2, 0) is 0 Å². The third-order valence-electron chi connectivity index (χ3n) is 1.32. The van der Waals surface area contributed by atoms with Gasteiger partial charge in [-0.3, -0.25) is 5.73 Å². The SMILES string of the molecule is C[N+]1([O-])C=CC(N)=[N+]([O-])C1=O. The molecule has 0 aromatic carbocycles. The van der Waals surface area contributed by atoms with Crippen LogP contribution in [0.3, 0.4) is 0 Å². The van der Waals surface area contributed by atoms with Gasteiger partial charge in [-0.25, -0.2) is 4.65 Å². The van der Waals surface area contributed by atoms with Crippen molar-refractivity contribution in [3.8, 4) is 0 Å². The van der Waals surface area contributed by atoms with Crippen molar-refractivity contribution in [3.63, 3.8) is 0 Å². The summed E-state index contributed by atoms with van der Waals surface area (Å²) in [5.41, 5.74) is 5.06. The zero-order valence-electron chi connectivity index (χ0n) is 5.85. The summed E-state index contributed by atoms with van der Waals surface area (Å²) in [4.78, 5) is 10.8. The standard InChI is InChI=1S/C5H7N3O3/c1-8(11)3-2-4(6)7(10)5(8)9/h2-3H,6H2,1H3. The fourth-order valence-corrected chi connectivity index (χ4v) is 0.641. The molecule has 60 valence electrons. The third kappa shape index (κ3) is 1.08. The highest BCUT2D eigenvalue weighted by Gasteiger charge is 2.29. The molecule has 1 heterocycles. The summed E-state index contributed by atoms with van der Waals surface area (Å²) in [5.74, 6) is -0.263. The Morgan fingerprint density at radius 3 is 2.73 bits per heavy atom. The molecule has 0 aromatic heterocycles. The fraction of sp³-hybridized carbons (Fsp3) is 0.200. The van der Waals surface area contributed by atoms with Crippen molar-refractivity contribution in [2.75, 3.05) is 7.05 Å². The Labute approximate surface area is 62.6 Å². The Balaban J connectivity index is 3.11. The molecule has 1 aliphatic rings. The number of urea groups is 1. The van der Waals surface area contributed by atoms with Gasteiger partial charge in [0.2, 0.25) is 0 Å². The van der Waals surface area contributed by atoms with Gasteiger partial charge in [0.25, 0.3) is 5.84 Å². The van der Waals surface area contributed by atoms with Crippen LogP contribution in [0, 0.1) is 10.4 Å². The zero-order valence-corrected chi connectivity index (χ0v) is 5.85. The van der Waals surface area contributed by atoms with Crippen LogP contribution in [0.4, 0.5) is 4.79 Å². The first kappa shape index (κ1) is 7.70. The summed E-state index contributed by atoms with van der Waals surface area (Å²) in [6, 6.07) is -1.13. The molecule has 0 bridgehead atoms. The second-order valence-electron chi connectivity index (χ2n) is 2.31. The van der Waals surface area contributed by atoms with Gasteiger partial charge in [0.15, 0.2) is 0 Å². The van der Waals surface area contributed by atoms with E-state index < -0.39 is 10.7 Å². The predicted molar refractivity (Wildman–Crippen MR) is 36.9 cm³/mol. The molecule has 1 atom stereocenters. The molecular formula is C5H7N3O3. The topological polar surface area (TPSA) is 92.2 Å². The second-order valence-corrected chi connectivity index (χ2v) is 2.31. The van der Waals surface area contributed by atoms with Crippen LogP contribution in [0.1, 0.15) is 0 Å². The molecule has 2 N–H and O–H groups in total. The first-order valence-electron chi connectivity index (χ1n) is 2.86. The molecule has 1 unspecified atom stereocenters. The second kappa shape index (κ2) is 2.04. The lowest BCUT2D eigenvalue weighted by atomic mass is 10.5. The minimum atomic E-state index is -1.34. The quantitative estimate of drug-likeness (QED) is 0.290. The first-order chi connectivity index (χ1) is 4.95. The number of carbonyl (C=O) groups is 1. The number of rotatable bonds is 0. The summed E-state index contributed by atoms with van der Waals surface area (Å²) in [5, 5.41) is 21.7. The van der Waals surface area contributed by atoms with Gasteiger partial charge in [-0.1, -0.05) is 0 Å². The van der Waals surface area contributed by atoms with Crippen LogP contribution >= 0.6 is 0 Å². The number of nitrogens with two attached hydrogens (primary N) is 1. The maximum absolute atomic E-state index is 11.0. The Morgan fingerprint density at radius 2 is 2.27 bits per heavy atom. The van der Waals surface area contributed by atoms with Crippen molar-refractivity contribution in [3.05, 3.63) is 22.7 Å². The van der Waals surface area contributed by atoms with Crippen LogP contribution in [-0.4, -0.2) is 28.3 Å². The summed E-state index contributed by atoms with van der Waals surface area (Å²) >= 11 is 0. The zero-order chi connectivity index (χ0) is 8.65. The lowest BCUT2D eigenvalue weighted by molar-refractivity contribution is -0.766. The van der Waals surface area contributed by atoms with E-state index >= 15 is 0 Å². The average Bonchev–Trinajstić information content (AvgIpc) is 1.95. The van der Waals surface area contributed by atoms with E-state index in [1.807, 2.05) is 0 Å². The van der Waals surface area contributed by atoms with Crippen LogP contribution in [0.15, 0.2) is 12.3 Å². The summed E-state index contributed by atoms with van der Waals surface area (Å²) in [7, 11) is 1.05. The van der Waals surface area contributed by atoms with Gasteiger partial charge >= 0.3 is 6.03 Å². The molecule has 11 heavy (non-hydrogen) atoms. The molecule has 2 amide bonds. The number of nitrogens with zero attached hydrogens (tertiary/aromatic N) is 2. The maximum Gasteiger partial charge on any atom is 0.518 e. The van der Waals surface area contributed by atoms with Crippen molar-refractivity contribution in [1.82, 2.24) is 0 Å². The van der Waals surface area contributed by atoms with Crippen LogP contribution < -0.4 is 5.73 Å². The van der Waals surface area contributed by atoms with Crippen LogP contribution in [0.5, 0.6) is 0 Å². The average molecular weight is 157 g/mol. The lowest BCUT2D eigenvalue weighted by Crippen LogP contribution is -2.48. The minimum absolute atomic E-state index is 0.118. The Hall–Kier alpha value is -1.40. The molecule has 1 rings (SSSR count). The molecule has 0 aliphatic carbocycles. The summed E-state index contributed by atoms with van der Waals surface area (Å²) in [6.45, 7) is 0. The Kier molecular flexibility index (Phi) is 1.43. The number of amides is 2. The molecule has 0 spiro atoms. The number of amidine groups is 1. The van der Waals surface area contributed by atoms with E-state index in [4.69, 9.17) is 5.73 Å². The van der Waals surface area contributed by atoms with Gasteiger partial charge in [0.05, 0.1) is 13.1 Å². The van der Waals surface area contributed by atoms with E-state index in [0.29, 0.717) is 0 Å². The number of hydroxylamine groups is 4. The van der Waals surface area contributed by atoms with E-state index in [1.165, 1.54) is 0 Å².